The van der Waals surface area contributed by atoms with Gasteiger partial charge in [-0.15, -0.1) is 0 Å². The van der Waals surface area contributed by atoms with Crippen molar-refractivity contribution >= 4 is 17.9 Å². The molecular weight excluding hydrogens is 889 g/mol. The Balaban J connectivity index is 4.31. The fourth-order valence-electron chi connectivity index (χ4n) is 9.28. The molecule has 0 radical (unpaired) electrons. The second kappa shape index (κ2) is 60.9. The van der Waals surface area contributed by atoms with E-state index in [0.717, 1.165) is 89.9 Å². The van der Waals surface area contributed by atoms with Gasteiger partial charge >= 0.3 is 17.9 Å². The van der Waals surface area contributed by atoms with Crippen LogP contribution in [-0.2, 0) is 28.6 Å². The van der Waals surface area contributed by atoms with E-state index in [1.54, 1.807) is 0 Å². The molecule has 0 aromatic rings. The maximum atomic E-state index is 12.9. The van der Waals surface area contributed by atoms with E-state index in [2.05, 4.69) is 69.4 Å². The highest BCUT2D eigenvalue weighted by Gasteiger charge is 2.19. The van der Waals surface area contributed by atoms with Gasteiger partial charge in [-0.05, 0) is 77.0 Å². The Hall–Kier alpha value is -2.63. The van der Waals surface area contributed by atoms with Crippen molar-refractivity contribution in [3.05, 3.63) is 48.6 Å². The lowest BCUT2D eigenvalue weighted by Gasteiger charge is -2.18. The molecule has 0 spiro atoms. The van der Waals surface area contributed by atoms with E-state index in [0.29, 0.717) is 19.3 Å². The average molecular weight is 1010 g/mol. The Morgan fingerprint density at radius 2 is 0.528 bits per heavy atom. The molecule has 0 aliphatic rings. The van der Waals surface area contributed by atoms with E-state index in [-0.39, 0.29) is 31.1 Å². The zero-order valence-electron chi connectivity index (χ0n) is 48.2. The van der Waals surface area contributed by atoms with Gasteiger partial charge in [0.2, 0.25) is 0 Å². The molecule has 0 heterocycles. The normalized spacial score (nSPS) is 12.3. The number of allylic oxidation sites excluding steroid dienone is 8. The van der Waals surface area contributed by atoms with Crippen molar-refractivity contribution in [1.29, 1.82) is 0 Å². The molecule has 0 amide bonds. The number of carbonyl (C=O) groups excluding carboxylic acids is 3. The highest BCUT2D eigenvalue weighted by molar-refractivity contribution is 5.71. The first kappa shape index (κ1) is 69.4. The van der Waals surface area contributed by atoms with Crippen LogP contribution in [0.2, 0.25) is 0 Å². The topological polar surface area (TPSA) is 78.9 Å². The summed E-state index contributed by atoms with van der Waals surface area (Å²) in [5.74, 6) is -0.875. The SMILES string of the molecule is CCC/C=C\C/C=C\CCCCCCCC(=O)OCC(COC(=O)CCCCCCCCCCC/C=C\C/C=C\CCCCCCC)OC(=O)CCCCCCCCCCCCCCCCCCCCCC. The van der Waals surface area contributed by atoms with E-state index < -0.39 is 6.10 Å². The van der Waals surface area contributed by atoms with Crippen LogP contribution >= 0.6 is 0 Å². The molecule has 0 rings (SSSR count). The van der Waals surface area contributed by atoms with E-state index in [1.807, 2.05) is 0 Å². The van der Waals surface area contributed by atoms with Crippen LogP contribution in [0.5, 0.6) is 0 Å². The van der Waals surface area contributed by atoms with Gasteiger partial charge in [0.25, 0.3) is 0 Å². The molecular formula is C66H120O6. The summed E-state index contributed by atoms with van der Waals surface area (Å²) in [4.78, 5) is 38.3. The lowest BCUT2D eigenvalue weighted by molar-refractivity contribution is -0.167. The van der Waals surface area contributed by atoms with Gasteiger partial charge in [0.1, 0.15) is 13.2 Å². The summed E-state index contributed by atoms with van der Waals surface area (Å²) >= 11 is 0. The molecule has 420 valence electrons. The van der Waals surface area contributed by atoms with Gasteiger partial charge in [-0.1, -0.05) is 288 Å². The van der Waals surface area contributed by atoms with Crippen molar-refractivity contribution in [3.63, 3.8) is 0 Å². The number of esters is 3. The van der Waals surface area contributed by atoms with Crippen molar-refractivity contribution in [3.8, 4) is 0 Å². The number of carbonyl (C=O) groups is 3. The molecule has 72 heavy (non-hydrogen) atoms. The van der Waals surface area contributed by atoms with Crippen molar-refractivity contribution < 1.29 is 28.6 Å². The number of rotatable bonds is 58. The van der Waals surface area contributed by atoms with Crippen LogP contribution in [0.4, 0.5) is 0 Å². The molecule has 0 saturated carbocycles. The van der Waals surface area contributed by atoms with Crippen LogP contribution in [0.15, 0.2) is 48.6 Å². The molecule has 0 aliphatic carbocycles. The fraction of sp³-hybridized carbons (Fsp3) is 0.833. The Morgan fingerprint density at radius 3 is 0.819 bits per heavy atom. The molecule has 0 aromatic heterocycles. The first-order chi connectivity index (χ1) is 35.5. The standard InChI is InChI=1S/C66H120O6/c1-4-7-10-13-16-19-22-25-27-29-31-33-35-36-38-41-44-47-50-53-56-59-65(68)71-62-63(61-70-64(67)58-55-52-49-46-43-40-24-21-18-15-12-9-6-3)72-66(69)60-57-54-51-48-45-42-39-37-34-32-30-28-26-23-20-17-14-11-8-5-2/h12,15,21-22,24-25,29,31,63H,4-11,13-14,16-20,23,26-28,30,32-62H2,1-3H3/b15-12-,24-21-,25-22-,31-29-. The molecule has 0 aliphatic heterocycles. The summed E-state index contributed by atoms with van der Waals surface area (Å²) in [6, 6.07) is 0. The second-order valence-corrected chi connectivity index (χ2v) is 21.3. The van der Waals surface area contributed by atoms with Gasteiger partial charge in [-0.3, -0.25) is 14.4 Å². The van der Waals surface area contributed by atoms with Crippen molar-refractivity contribution in [2.24, 2.45) is 0 Å². The first-order valence-electron chi connectivity index (χ1n) is 31.6. The van der Waals surface area contributed by atoms with Crippen molar-refractivity contribution in [1.82, 2.24) is 0 Å². The maximum absolute atomic E-state index is 12.9. The maximum Gasteiger partial charge on any atom is 0.306 e. The quantitative estimate of drug-likeness (QED) is 0.0261. The molecule has 0 aromatic carbocycles. The minimum Gasteiger partial charge on any atom is -0.462 e. The van der Waals surface area contributed by atoms with Crippen LogP contribution in [0.25, 0.3) is 0 Å². The summed E-state index contributed by atoms with van der Waals surface area (Å²) in [6.45, 7) is 6.60. The molecule has 1 atom stereocenters. The molecule has 6 nitrogen and oxygen atoms in total. The summed E-state index contributed by atoms with van der Waals surface area (Å²) in [5.41, 5.74) is 0. The van der Waals surface area contributed by atoms with E-state index in [9.17, 15) is 14.4 Å². The predicted molar refractivity (Wildman–Crippen MR) is 312 cm³/mol. The van der Waals surface area contributed by atoms with Gasteiger partial charge in [-0.25, -0.2) is 0 Å². The zero-order chi connectivity index (χ0) is 52.2. The monoisotopic (exact) mass is 1010 g/mol. The second-order valence-electron chi connectivity index (χ2n) is 21.3. The van der Waals surface area contributed by atoms with Gasteiger partial charge in [0.15, 0.2) is 6.10 Å². The van der Waals surface area contributed by atoms with Gasteiger partial charge in [0, 0.05) is 19.3 Å². The Kier molecular flexibility index (Phi) is 58.7. The van der Waals surface area contributed by atoms with E-state index in [4.69, 9.17) is 14.2 Å². The lowest BCUT2D eigenvalue weighted by atomic mass is 10.0. The predicted octanol–water partition coefficient (Wildman–Crippen LogP) is 21.4. The molecule has 0 N–H and O–H groups in total. The Bertz CT molecular complexity index is 1250. The number of hydrogen-bond acceptors (Lipinski definition) is 6. The third-order valence-electron chi connectivity index (χ3n) is 14.0. The van der Waals surface area contributed by atoms with Crippen LogP contribution in [0.1, 0.15) is 335 Å². The van der Waals surface area contributed by atoms with Crippen LogP contribution < -0.4 is 0 Å². The molecule has 0 bridgehead atoms. The molecule has 6 heteroatoms. The minimum atomic E-state index is -0.779. The van der Waals surface area contributed by atoms with Crippen LogP contribution in [0, 0.1) is 0 Å². The van der Waals surface area contributed by atoms with Gasteiger partial charge in [-0.2, -0.15) is 0 Å². The Labute approximate surface area is 448 Å². The lowest BCUT2D eigenvalue weighted by Crippen LogP contribution is -2.30. The van der Waals surface area contributed by atoms with E-state index >= 15 is 0 Å². The fourth-order valence-corrected chi connectivity index (χ4v) is 9.28. The molecule has 1 unspecified atom stereocenters. The highest BCUT2D eigenvalue weighted by Crippen LogP contribution is 2.17. The molecule has 0 fully saturated rings. The van der Waals surface area contributed by atoms with Crippen molar-refractivity contribution in [2.45, 2.75) is 341 Å². The third kappa shape index (κ3) is 58.3. The summed E-state index contributed by atoms with van der Waals surface area (Å²) in [7, 11) is 0. The zero-order valence-corrected chi connectivity index (χ0v) is 48.2. The minimum absolute atomic E-state index is 0.0767. The summed E-state index contributed by atoms with van der Waals surface area (Å²) in [5, 5.41) is 0. The van der Waals surface area contributed by atoms with Crippen LogP contribution in [0.3, 0.4) is 0 Å². The average Bonchev–Trinajstić information content (AvgIpc) is 3.38. The number of hydrogen-bond donors (Lipinski definition) is 0. The molecule has 0 saturated heterocycles. The summed E-state index contributed by atoms with van der Waals surface area (Å²) in [6.07, 6.45) is 75.4. The largest absolute Gasteiger partial charge is 0.462 e. The third-order valence-corrected chi connectivity index (χ3v) is 14.0. The number of unbranched alkanes of at least 4 members (excludes halogenated alkanes) is 39. The van der Waals surface area contributed by atoms with Gasteiger partial charge < -0.3 is 14.2 Å². The van der Waals surface area contributed by atoms with Gasteiger partial charge in [0.05, 0.1) is 0 Å². The smallest absolute Gasteiger partial charge is 0.306 e. The summed E-state index contributed by atoms with van der Waals surface area (Å²) < 4.78 is 16.9. The number of ether oxygens (including phenoxy) is 3. The van der Waals surface area contributed by atoms with Crippen molar-refractivity contribution in [2.75, 3.05) is 13.2 Å². The Morgan fingerprint density at radius 1 is 0.278 bits per heavy atom. The van der Waals surface area contributed by atoms with E-state index in [1.165, 1.54) is 205 Å². The van der Waals surface area contributed by atoms with Crippen LogP contribution in [-0.4, -0.2) is 37.2 Å². The highest BCUT2D eigenvalue weighted by atomic mass is 16.6. The first-order valence-corrected chi connectivity index (χ1v) is 31.6.